The van der Waals surface area contributed by atoms with Gasteiger partial charge in [-0.25, -0.2) is 9.97 Å². The van der Waals surface area contributed by atoms with Crippen molar-refractivity contribution in [2.24, 2.45) is 0 Å². The van der Waals surface area contributed by atoms with Gasteiger partial charge in [0, 0.05) is 36.5 Å². The van der Waals surface area contributed by atoms with Gasteiger partial charge in [0.1, 0.15) is 5.76 Å². The molecular weight excluding hydrogens is 286 g/mol. The maximum atomic E-state index is 12.6. The van der Waals surface area contributed by atoms with Crippen molar-refractivity contribution >= 4 is 17.2 Å². The SMILES string of the molecule is CCc1ocnc1C(=O)N1CCCC(c2nc(C)cs2)C1. The van der Waals surface area contributed by atoms with Crippen LogP contribution in [0.15, 0.2) is 16.2 Å². The second-order valence-corrected chi connectivity index (χ2v) is 6.28. The third-order valence-electron chi connectivity index (χ3n) is 3.86. The normalized spacial score (nSPS) is 19.0. The largest absolute Gasteiger partial charge is 0.448 e. The van der Waals surface area contributed by atoms with Crippen molar-refractivity contribution in [3.8, 4) is 0 Å². The van der Waals surface area contributed by atoms with Crippen LogP contribution in [-0.4, -0.2) is 33.9 Å². The molecule has 3 heterocycles. The lowest BCUT2D eigenvalue weighted by molar-refractivity contribution is 0.0699. The number of hydrogen-bond acceptors (Lipinski definition) is 5. The minimum absolute atomic E-state index is 0.0152. The topological polar surface area (TPSA) is 59.2 Å². The molecule has 0 aliphatic carbocycles. The zero-order chi connectivity index (χ0) is 14.8. The van der Waals surface area contributed by atoms with E-state index in [9.17, 15) is 4.79 Å². The van der Waals surface area contributed by atoms with Gasteiger partial charge in [0.15, 0.2) is 12.1 Å². The van der Waals surface area contributed by atoms with Gasteiger partial charge in [-0.3, -0.25) is 4.79 Å². The number of aromatic nitrogens is 2. The van der Waals surface area contributed by atoms with Crippen LogP contribution >= 0.6 is 11.3 Å². The first-order chi connectivity index (χ1) is 10.2. The van der Waals surface area contributed by atoms with Gasteiger partial charge >= 0.3 is 0 Å². The Balaban J connectivity index is 1.75. The first kappa shape index (κ1) is 14.3. The zero-order valence-corrected chi connectivity index (χ0v) is 13.2. The number of piperidine rings is 1. The lowest BCUT2D eigenvalue weighted by Gasteiger charge is -2.31. The lowest BCUT2D eigenvalue weighted by Crippen LogP contribution is -2.39. The highest BCUT2D eigenvalue weighted by atomic mass is 32.1. The standard InChI is InChI=1S/C15H19N3O2S/c1-3-12-13(16-9-20-12)15(19)18-6-4-5-11(7-18)14-17-10(2)8-21-14/h8-9,11H,3-7H2,1-2H3. The average Bonchev–Trinajstić information content (AvgIpc) is 3.15. The van der Waals surface area contributed by atoms with Crippen molar-refractivity contribution in [1.82, 2.24) is 14.9 Å². The quantitative estimate of drug-likeness (QED) is 0.874. The van der Waals surface area contributed by atoms with E-state index in [1.54, 1.807) is 11.3 Å². The number of carbonyl (C=O) groups is 1. The van der Waals surface area contributed by atoms with Crippen LogP contribution in [0.5, 0.6) is 0 Å². The van der Waals surface area contributed by atoms with Crippen LogP contribution < -0.4 is 0 Å². The molecule has 0 radical (unpaired) electrons. The van der Waals surface area contributed by atoms with Gasteiger partial charge in [0.2, 0.25) is 0 Å². The number of aryl methyl sites for hydroxylation is 2. The Morgan fingerprint density at radius 2 is 2.43 bits per heavy atom. The summed E-state index contributed by atoms with van der Waals surface area (Å²) in [5, 5.41) is 3.21. The molecule has 1 fully saturated rings. The number of oxazole rings is 1. The summed E-state index contributed by atoms with van der Waals surface area (Å²) in [7, 11) is 0. The van der Waals surface area contributed by atoms with Crippen LogP contribution in [0.2, 0.25) is 0 Å². The molecule has 2 aromatic rings. The molecule has 0 spiro atoms. The summed E-state index contributed by atoms with van der Waals surface area (Å²) >= 11 is 1.69. The van der Waals surface area contributed by atoms with Crippen molar-refractivity contribution in [1.29, 1.82) is 0 Å². The minimum Gasteiger partial charge on any atom is -0.448 e. The predicted molar refractivity (Wildman–Crippen MR) is 80.6 cm³/mol. The van der Waals surface area contributed by atoms with E-state index in [1.807, 2.05) is 18.7 Å². The molecule has 1 atom stereocenters. The van der Waals surface area contributed by atoms with Gasteiger partial charge in [-0.15, -0.1) is 11.3 Å². The Bertz CT molecular complexity index is 634. The summed E-state index contributed by atoms with van der Waals surface area (Å²) in [6.45, 7) is 5.49. The molecule has 0 aromatic carbocycles. The van der Waals surface area contributed by atoms with E-state index in [-0.39, 0.29) is 5.91 Å². The van der Waals surface area contributed by atoms with Crippen LogP contribution in [0.25, 0.3) is 0 Å². The Hall–Kier alpha value is -1.69. The number of carbonyl (C=O) groups excluding carboxylic acids is 1. The first-order valence-electron chi connectivity index (χ1n) is 7.32. The molecule has 1 saturated heterocycles. The van der Waals surface area contributed by atoms with Crippen LogP contribution in [0.1, 0.15) is 52.6 Å². The maximum absolute atomic E-state index is 12.6. The van der Waals surface area contributed by atoms with Crippen LogP contribution in [0, 0.1) is 6.92 Å². The number of thiazole rings is 1. The van der Waals surface area contributed by atoms with Crippen molar-refractivity contribution in [2.45, 2.75) is 39.0 Å². The monoisotopic (exact) mass is 305 g/mol. The number of nitrogens with zero attached hydrogens (tertiary/aromatic N) is 3. The fraction of sp³-hybridized carbons (Fsp3) is 0.533. The van der Waals surface area contributed by atoms with Gasteiger partial charge in [0.25, 0.3) is 5.91 Å². The number of likely N-dealkylation sites (tertiary alicyclic amines) is 1. The molecule has 3 rings (SSSR count). The van der Waals surface area contributed by atoms with E-state index in [4.69, 9.17) is 4.42 Å². The van der Waals surface area contributed by atoms with Gasteiger partial charge in [-0.2, -0.15) is 0 Å². The zero-order valence-electron chi connectivity index (χ0n) is 12.3. The Labute approximate surface area is 128 Å². The van der Waals surface area contributed by atoms with Gasteiger partial charge in [-0.05, 0) is 19.8 Å². The number of amides is 1. The van der Waals surface area contributed by atoms with Gasteiger partial charge in [-0.1, -0.05) is 6.92 Å². The van der Waals surface area contributed by atoms with E-state index in [0.717, 1.165) is 36.6 Å². The molecule has 0 saturated carbocycles. The Morgan fingerprint density at radius 3 is 3.14 bits per heavy atom. The smallest absolute Gasteiger partial charge is 0.276 e. The van der Waals surface area contributed by atoms with Crippen LogP contribution in [-0.2, 0) is 6.42 Å². The molecule has 5 nitrogen and oxygen atoms in total. The minimum atomic E-state index is -0.0152. The summed E-state index contributed by atoms with van der Waals surface area (Å²) in [5.41, 5.74) is 1.52. The Morgan fingerprint density at radius 1 is 1.57 bits per heavy atom. The fourth-order valence-electron chi connectivity index (χ4n) is 2.77. The molecule has 21 heavy (non-hydrogen) atoms. The summed E-state index contributed by atoms with van der Waals surface area (Å²) in [6.07, 6.45) is 4.15. The molecule has 6 heteroatoms. The summed E-state index contributed by atoms with van der Waals surface area (Å²) < 4.78 is 5.27. The molecular formula is C15H19N3O2S. The molecule has 1 unspecified atom stereocenters. The van der Waals surface area contributed by atoms with Crippen molar-refractivity contribution < 1.29 is 9.21 Å². The molecule has 0 bridgehead atoms. The predicted octanol–water partition coefficient (Wildman–Crippen LogP) is 3.02. The van der Waals surface area contributed by atoms with E-state index < -0.39 is 0 Å². The second kappa shape index (κ2) is 5.97. The summed E-state index contributed by atoms with van der Waals surface area (Å²) in [6, 6.07) is 0. The summed E-state index contributed by atoms with van der Waals surface area (Å²) in [5.74, 6) is 1.00. The molecule has 1 aliphatic rings. The fourth-order valence-corrected chi connectivity index (χ4v) is 3.69. The molecule has 1 aliphatic heterocycles. The van der Waals surface area contributed by atoms with E-state index in [0.29, 0.717) is 23.8 Å². The van der Waals surface area contributed by atoms with Gasteiger partial charge < -0.3 is 9.32 Å². The highest BCUT2D eigenvalue weighted by molar-refractivity contribution is 7.09. The van der Waals surface area contributed by atoms with Crippen molar-refractivity contribution in [3.05, 3.63) is 33.9 Å². The van der Waals surface area contributed by atoms with E-state index >= 15 is 0 Å². The van der Waals surface area contributed by atoms with Crippen molar-refractivity contribution in [2.75, 3.05) is 13.1 Å². The molecule has 2 aromatic heterocycles. The number of rotatable bonds is 3. The second-order valence-electron chi connectivity index (χ2n) is 5.40. The van der Waals surface area contributed by atoms with E-state index in [1.165, 1.54) is 6.39 Å². The highest BCUT2D eigenvalue weighted by Gasteiger charge is 2.29. The highest BCUT2D eigenvalue weighted by Crippen LogP contribution is 2.30. The summed E-state index contributed by atoms with van der Waals surface area (Å²) in [4.78, 5) is 23.2. The average molecular weight is 305 g/mol. The van der Waals surface area contributed by atoms with Crippen LogP contribution in [0.4, 0.5) is 0 Å². The lowest BCUT2D eigenvalue weighted by atomic mass is 9.98. The third-order valence-corrected chi connectivity index (χ3v) is 4.98. The molecule has 0 N–H and O–H groups in total. The number of hydrogen-bond donors (Lipinski definition) is 0. The van der Waals surface area contributed by atoms with Crippen molar-refractivity contribution in [3.63, 3.8) is 0 Å². The third kappa shape index (κ3) is 2.85. The maximum Gasteiger partial charge on any atom is 0.276 e. The van der Waals surface area contributed by atoms with Crippen LogP contribution in [0.3, 0.4) is 0 Å². The van der Waals surface area contributed by atoms with Gasteiger partial charge in [0.05, 0.1) is 5.01 Å². The molecule has 1 amide bonds. The first-order valence-corrected chi connectivity index (χ1v) is 8.20. The van der Waals surface area contributed by atoms with E-state index in [2.05, 4.69) is 15.3 Å². The Kier molecular flexibility index (Phi) is 4.05. The molecule has 112 valence electrons.